The maximum absolute atomic E-state index is 11.3. The van der Waals surface area contributed by atoms with Crippen LogP contribution in [0.3, 0.4) is 0 Å². The molecule has 18 heavy (non-hydrogen) atoms. The van der Waals surface area contributed by atoms with Gasteiger partial charge >= 0.3 is 0 Å². The normalized spacial score (nSPS) is 10.4. The molecule has 2 aromatic rings. The van der Waals surface area contributed by atoms with Crippen molar-refractivity contribution >= 4 is 33.5 Å². The molecule has 0 fully saturated rings. The first-order chi connectivity index (χ1) is 8.49. The first-order valence-electron chi connectivity index (χ1n) is 5.06. The molecule has 0 atom stereocenters. The Balaban J connectivity index is 2.40. The molecular weight excluding hydrogens is 300 g/mol. The summed E-state index contributed by atoms with van der Waals surface area (Å²) >= 11 is 3.31. The number of nitrogens with zero attached hydrogens (tertiary/aromatic N) is 5. The molecule has 8 heteroatoms. The lowest BCUT2D eigenvalue weighted by Crippen LogP contribution is -2.22. The van der Waals surface area contributed by atoms with Gasteiger partial charge in [0.05, 0.1) is 24.3 Å². The monoisotopic (exact) mass is 310 g/mol. The molecule has 0 spiro atoms. The number of rotatable bonds is 2. The van der Waals surface area contributed by atoms with E-state index in [1.165, 1.54) is 11.8 Å². The molecule has 0 aliphatic heterocycles. The van der Waals surface area contributed by atoms with E-state index in [1.54, 1.807) is 30.3 Å². The van der Waals surface area contributed by atoms with E-state index in [1.807, 2.05) is 0 Å². The summed E-state index contributed by atoms with van der Waals surface area (Å²) in [5.41, 5.74) is 6.74. The Morgan fingerprint density at radius 1 is 1.44 bits per heavy atom. The fraction of sp³-hybridized carbons (Fsp3) is 0.200. The summed E-state index contributed by atoms with van der Waals surface area (Å²) in [4.78, 5) is 20.6. The van der Waals surface area contributed by atoms with Crippen LogP contribution in [0.2, 0.25) is 0 Å². The number of aromatic nitrogens is 4. The van der Waals surface area contributed by atoms with Crippen LogP contribution in [0.1, 0.15) is 6.92 Å². The minimum atomic E-state index is -0.0798. The summed E-state index contributed by atoms with van der Waals surface area (Å²) < 4.78 is 2.13. The van der Waals surface area contributed by atoms with Crippen molar-refractivity contribution in [3.8, 4) is 5.69 Å². The Hall–Kier alpha value is -1.96. The molecule has 0 aliphatic rings. The van der Waals surface area contributed by atoms with Crippen LogP contribution in [-0.2, 0) is 4.79 Å². The van der Waals surface area contributed by atoms with Gasteiger partial charge in [-0.05, 0) is 15.9 Å². The summed E-state index contributed by atoms with van der Waals surface area (Å²) in [6, 6.07) is 0. The van der Waals surface area contributed by atoms with Gasteiger partial charge in [0.1, 0.15) is 5.69 Å². The first-order valence-corrected chi connectivity index (χ1v) is 5.85. The number of amides is 1. The zero-order chi connectivity index (χ0) is 13.3. The minimum absolute atomic E-state index is 0.0798. The average Bonchev–Trinajstić information content (AvgIpc) is 2.71. The Labute approximate surface area is 112 Å². The number of nitrogen functional groups attached to an aromatic ring is 1. The lowest BCUT2D eigenvalue weighted by atomic mass is 10.4. The molecule has 0 saturated carbocycles. The molecule has 0 bridgehead atoms. The number of carbonyl (C=O) groups is 1. The van der Waals surface area contributed by atoms with Crippen LogP contribution < -0.4 is 10.6 Å². The van der Waals surface area contributed by atoms with E-state index in [9.17, 15) is 4.79 Å². The molecule has 0 saturated heterocycles. The molecule has 1 amide bonds. The van der Waals surface area contributed by atoms with Crippen molar-refractivity contribution in [3.63, 3.8) is 0 Å². The van der Waals surface area contributed by atoms with Gasteiger partial charge in [0.2, 0.25) is 11.9 Å². The lowest BCUT2D eigenvalue weighted by molar-refractivity contribution is -0.116. The van der Waals surface area contributed by atoms with Crippen LogP contribution in [0.25, 0.3) is 5.69 Å². The second kappa shape index (κ2) is 4.73. The van der Waals surface area contributed by atoms with Crippen LogP contribution in [-0.4, -0.2) is 32.7 Å². The zero-order valence-corrected chi connectivity index (χ0v) is 11.4. The molecule has 0 aliphatic carbocycles. The molecule has 0 unspecified atom stereocenters. The highest BCUT2D eigenvalue weighted by molar-refractivity contribution is 9.10. The van der Waals surface area contributed by atoms with Crippen molar-refractivity contribution in [3.05, 3.63) is 23.2 Å². The van der Waals surface area contributed by atoms with Crippen LogP contribution in [0.5, 0.6) is 0 Å². The number of anilines is 2. The van der Waals surface area contributed by atoms with Crippen LogP contribution in [0.4, 0.5) is 11.6 Å². The fourth-order valence-corrected chi connectivity index (χ4v) is 1.86. The van der Waals surface area contributed by atoms with Crippen molar-refractivity contribution < 1.29 is 4.79 Å². The van der Waals surface area contributed by atoms with E-state index >= 15 is 0 Å². The Bertz CT molecular complexity index is 579. The summed E-state index contributed by atoms with van der Waals surface area (Å²) in [7, 11) is 1.67. The van der Waals surface area contributed by atoms with Crippen molar-refractivity contribution in [1.29, 1.82) is 0 Å². The molecule has 0 radical (unpaired) electrons. The molecule has 2 rings (SSSR count). The number of hydrogen-bond donors (Lipinski definition) is 1. The summed E-state index contributed by atoms with van der Waals surface area (Å²) in [6.07, 6.45) is 4.82. The fourth-order valence-electron chi connectivity index (χ4n) is 1.32. The highest BCUT2D eigenvalue weighted by Gasteiger charge is 2.14. The predicted octanol–water partition coefficient (Wildman–Crippen LogP) is 0.990. The van der Waals surface area contributed by atoms with E-state index in [2.05, 4.69) is 31.0 Å². The first kappa shape index (κ1) is 12.5. The Morgan fingerprint density at radius 3 is 2.61 bits per heavy atom. The molecule has 2 aromatic heterocycles. The highest BCUT2D eigenvalue weighted by Crippen LogP contribution is 2.25. The van der Waals surface area contributed by atoms with Gasteiger partial charge in [0.15, 0.2) is 4.60 Å². The van der Waals surface area contributed by atoms with Crippen molar-refractivity contribution in [2.45, 2.75) is 6.92 Å². The van der Waals surface area contributed by atoms with E-state index in [0.717, 1.165) is 0 Å². The smallest absolute Gasteiger partial charge is 0.223 e. The lowest BCUT2D eigenvalue weighted by Gasteiger charge is -2.11. The number of nitrogens with two attached hydrogens (primary N) is 1. The second-order valence-electron chi connectivity index (χ2n) is 3.63. The van der Waals surface area contributed by atoms with Crippen LogP contribution in [0, 0.1) is 0 Å². The minimum Gasteiger partial charge on any atom is -0.368 e. The molecule has 94 valence electrons. The maximum Gasteiger partial charge on any atom is 0.223 e. The Kier molecular flexibility index (Phi) is 3.28. The molecule has 2 N–H and O–H groups in total. The van der Waals surface area contributed by atoms with Crippen molar-refractivity contribution in [1.82, 2.24) is 19.7 Å². The number of hydrogen-bond acceptors (Lipinski definition) is 5. The summed E-state index contributed by atoms with van der Waals surface area (Å²) in [5, 5.41) is 4.23. The summed E-state index contributed by atoms with van der Waals surface area (Å²) in [6.45, 7) is 1.48. The molecule has 7 nitrogen and oxygen atoms in total. The van der Waals surface area contributed by atoms with Gasteiger partial charge in [-0.1, -0.05) is 0 Å². The van der Waals surface area contributed by atoms with E-state index in [0.29, 0.717) is 16.0 Å². The van der Waals surface area contributed by atoms with Gasteiger partial charge in [0, 0.05) is 14.0 Å². The molecular formula is C10H11BrN6O. The SMILES string of the molecule is CC(=O)N(C)c1cn(-c2cnc(N)nc2)nc1Br. The van der Waals surface area contributed by atoms with Gasteiger partial charge in [-0.25, -0.2) is 14.6 Å². The van der Waals surface area contributed by atoms with Gasteiger partial charge in [-0.3, -0.25) is 4.79 Å². The standard InChI is InChI=1S/C10H11BrN6O/c1-6(18)16(2)8-5-17(15-9(8)11)7-3-13-10(12)14-4-7/h3-5H,1-2H3,(H2,12,13,14). The third kappa shape index (κ3) is 2.33. The van der Waals surface area contributed by atoms with Gasteiger partial charge in [-0.15, -0.1) is 0 Å². The third-order valence-corrected chi connectivity index (χ3v) is 2.97. The van der Waals surface area contributed by atoms with E-state index in [4.69, 9.17) is 5.73 Å². The van der Waals surface area contributed by atoms with Crippen molar-refractivity contribution in [2.24, 2.45) is 0 Å². The van der Waals surface area contributed by atoms with Crippen LogP contribution in [0.15, 0.2) is 23.2 Å². The predicted molar refractivity (Wildman–Crippen MR) is 70.4 cm³/mol. The third-order valence-electron chi connectivity index (χ3n) is 2.41. The number of carbonyl (C=O) groups excluding carboxylic acids is 1. The maximum atomic E-state index is 11.3. The van der Waals surface area contributed by atoms with E-state index in [-0.39, 0.29) is 11.9 Å². The average molecular weight is 311 g/mol. The van der Waals surface area contributed by atoms with Crippen LogP contribution >= 0.6 is 15.9 Å². The van der Waals surface area contributed by atoms with Crippen molar-refractivity contribution in [2.75, 3.05) is 17.7 Å². The van der Waals surface area contributed by atoms with Gasteiger partial charge in [-0.2, -0.15) is 5.10 Å². The highest BCUT2D eigenvalue weighted by atomic mass is 79.9. The summed E-state index contributed by atoms with van der Waals surface area (Å²) in [5.74, 6) is 0.120. The number of halogens is 1. The largest absolute Gasteiger partial charge is 0.368 e. The molecule has 2 heterocycles. The quantitative estimate of drug-likeness (QED) is 0.893. The zero-order valence-electron chi connectivity index (χ0n) is 9.83. The topological polar surface area (TPSA) is 89.9 Å². The van der Waals surface area contributed by atoms with E-state index < -0.39 is 0 Å². The van der Waals surface area contributed by atoms with Gasteiger partial charge < -0.3 is 10.6 Å². The Morgan fingerprint density at radius 2 is 2.06 bits per heavy atom. The van der Waals surface area contributed by atoms with Gasteiger partial charge in [0.25, 0.3) is 0 Å². The molecule has 0 aromatic carbocycles. The second-order valence-corrected chi connectivity index (χ2v) is 4.38.